The summed E-state index contributed by atoms with van der Waals surface area (Å²) in [6.07, 6.45) is 6.58. The Hall–Kier alpha value is -12.1. The first-order valence-corrected chi connectivity index (χ1v) is 30.9. The number of benzene rings is 12. The quantitative estimate of drug-likeness (QED) is 0.160. The normalized spacial score (nSPS) is 12.8. The van der Waals surface area contributed by atoms with Crippen molar-refractivity contribution in [2.24, 2.45) is 0 Å². The number of nitrogens with zero attached hydrogens (tertiary/aromatic N) is 9. The fourth-order valence-electron chi connectivity index (χ4n) is 15.3. The molecule has 0 amide bonds. The first kappa shape index (κ1) is 49.1. The molecule has 9 nitrogen and oxygen atoms in total. The molecule has 0 atom stereocenters. The lowest BCUT2D eigenvalue weighted by Gasteiger charge is -2.14. The predicted octanol–water partition coefficient (Wildman–Crippen LogP) is 19.9. The Morgan fingerprint density at radius 1 is 0.244 bits per heavy atom. The second-order valence-corrected chi connectivity index (χ2v) is 23.9. The van der Waals surface area contributed by atoms with E-state index in [4.69, 9.17) is 15.0 Å². The molecule has 0 aliphatic heterocycles. The van der Waals surface area contributed by atoms with Crippen LogP contribution in [0.2, 0.25) is 0 Å². The van der Waals surface area contributed by atoms with Crippen molar-refractivity contribution in [3.63, 3.8) is 0 Å². The van der Waals surface area contributed by atoms with Crippen LogP contribution in [0, 0.1) is 0 Å². The van der Waals surface area contributed by atoms with Crippen molar-refractivity contribution in [3.8, 4) is 46.0 Å². The van der Waals surface area contributed by atoms with Crippen molar-refractivity contribution in [3.05, 3.63) is 290 Å². The highest BCUT2D eigenvalue weighted by Crippen LogP contribution is 2.43. The van der Waals surface area contributed by atoms with E-state index < -0.39 is 0 Å². The molecule has 0 unspecified atom stereocenters. The lowest BCUT2D eigenvalue weighted by atomic mass is 10.0. The third kappa shape index (κ3) is 6.94. The van der Waals surface area contributed by atoms with Crippen molar-refractivity contribution < 1.29 is 0 Å². The van der Waals surface area contributed by atoms with Crippen molar-refractivity contribution >= 4 is 126 Å². The van der Waals surface area contributed by atoms with Crippen LogP contribution in [0.3, 0.4) is 0 Å². The number of para-hydroxylation sites is 7. The summed E-state index contributed by atoms with van der Waals surface area (Å²) in [4.78, 5) is 16.9. The van der Waals surface area contributed by atoms with Gasteiger partial charge in [0.05, 0.1) is 60.7 Å². The second kappa shape index (κ2) is 18.7. The lowest BCUT2D eigenvalue weighted by Crippen LogP contribution is -2.10. The van der Waals surface area contributed by atoms with Crippen LogP contribution >= 0.6 is 0 Å². The topological polar surface area (TPSA) is 68.2 Å². The summed E-state index contributed by atoms with van der Waals surface area (Å²) in [5, 5.41) is 12.9. The smallest absolute Gasteiger partial charge is 0.240 e. The molecule has 1 aliphatic carbocycles. The van der Waals surface area contributed by atoms with Gasteiger partial charge in [0.15, 0.2) is 5.82 Å². The molecule has 12 aromatic carbocycles. The Kier molecular flexibility index (Phi) is 10.2. The molecular formula is C81H51N9. The maximum Gasteiger partial charge on any atom is 0.240 e. The Labute approximate surface area is 514 Å². The highest BCUT2D eigenvalue weighted by molar-refractivity contribution is 6.16. The number of hydrogen-bond donors (Lipinski definition) is 0. The summed E-state index contributed by atoms with van der Waals surface area (Å²) in [5.41, 5.74) is 19.9. The van der Waals surface area contributed by atoms with Gasteiger partial charge in [-0.25, -0.2) is 0 Å². The fraction of sp³-hybridized carbons (Fsp3) is 0.0247. The number of aromatic nitrogens is 9. The van der Waals surface area contributed by atoms with Gasteiger partial charge in [-0.05, 0) is 128 Å². The number of hydrogen-bond acceptors (Lipinski definition) is 3. The summed E-state index contributed by atoms with van der Waals surface area (Å²) in [6, 6.07) is 99.2. The van der Waals surface area contributed by atoms with E-state index in [0.29, 0.717) is 17.7 Å². The van der Waals surface area contributed by atoms with Gasteiger partial charge >= 0.3 is 0 Å². The van der Waals surface area contributed by atoms with Crippen LogP contribution in [0.5, 0.6) is 0 Å². The minimum Gasteiger partial charge on any atom is -0.313 e. The molecule has 0 bridgehead atoms. The van der Waals surface area contributed by atoms with Gasteiger partial charge in [0, 0.05) is 98.8 Å². The molecule has 19 aromatic rings. The van der Waals surface area contributed by atoms with Crippen molar-refractivity contribution in [2.45, 2.75) is 12.8 Å². The zero-order valence-corrected chi connectivity index (χ0v) is 48.6. The van der Waals surface area contributed by atoms with E-state index in [-0.39, 0.29) is 0 Å². The van der Waals surface area contributed by atoms with E-state index in [9.17, 15) is 0 Å². The zero-order chi connectivity index (χ0) is 58.7. The molecule has 0 N–H and O–H groups in total. The third-order valence-corrected chi connectivity index (χ3v) is 19.1. The molecule has 7 aromatic heterocycles. The number of rotatable bonds is 7. The van der Waals surface area contributed by atoms with Gasteiger partial charge in [-0.15, -0.1) is 0 Å². The van der Waals surface area contributed by atoms with Gasteiger partial charge in [-0.3, -0.25) is 9.13 Å². The van der Waals surface area contributed by atoms with Gasteiger partial charge in [0.25, 0.3) is 0 Å². The summed E-state index contributed by atoms with van der Waals surface area (Å²) < 4.78 is 14.2. The minimum absolute atomic E-state index is 0.514. The highest BCUT2D eigenvalue weighted by Gasteiger charge is 2.26. The Morgan fingerprint density at radius 3 is 0.911 bits per heavy atom. The van der Waals surface area contributed by atoms with Gasteiger partial charge < -0.3 is 18.3 Å². The first-order chi connectivity index (χ1) is 44.7. The van der Waals surface area contributed by atoms with Crippen LogP contribution in [0.15, 0.2) is 279 Å². The van der Waals surface area contributed by atoms with Gasteiger partial charge in [-0.2, -0.15) is 15.0 Å². The monoisotopic (exact) mass is 1150 g/mol. The summed E-state index contributed by atoms with van der Waals surface area (Å²) in [7, 11) is 0. The molecule has 1 aliphatic rings. The van der Waals surface area contributed by atoms with E-state index in [1.54, 1.807) is 0 Å². The molecule has 90 heavy (non-hydrogen) atoms. The molecule has 20 rings (SSSR count). The zero-order valence-electron chi connectivity index (χ0n) is 48.6. The number of allylic oxidation sites excluding steroid dienone is 1. The largest absolute Gasteiger partial charge is 0.313 e. The first-order valence-electron chi connectivity index (χ1n) is 30.9. The van der Waals surface area contributed by atoms with Crippen LogP contribution in [0.4, 0.5) is 0 Å². The molecule has 9 heteroatoms. The van der Waals surface area contributed by atoms with Crippen LogP contribution in [0.25, 0.3) is 172 Å². The summed E-state index contributed by atoms with van der Waals surface area (Å²) >= 11 is 0. The SMILES string of the molecule is C1=Cc2c(n(-c3ccc4c(c3)c3cc(-n5c6ccccc6c6ccccc65)ccc3n4-c3nc(-c4ccccc4)nc(-n4c5ccc(-n6c7ccccc7c7ccccc76)cc5c5cc(-n6c7ccccc7c7ccccc76)ccc54)n3)c3ccccc23)CC1. The molecule has 0 spiro atoms. The van der Waals surface area contributed by atoms with Crippen molar-refractivity contribution in [1.29, 1.82) is 0 Å². The minimum atomic E-state index is 0.514. The Bertz CT molecular complexity index is 5970. The van der Waals surface area contributed by atoms with Gasteiger partial charge in [0.2, 0.25) is 11.9 Å². The van der Waals surface area contributed by atoms with E-state index >= 15 is 0 Å². The molecular weight excluding hydrogens is 1100 g/mol. The average molecular weight is 1150 g/mol. The van der Waals surface area contributed by atoms with Crippen LogP contribution in [0.1, 0.15) is 17.7 Å². The second-order valence-electron chi connectivity index (χ2n) is 23.9. The molecule has 420 valence electrons. The Balaban J connectivity index is 0.866. The van der Waals surface area contributed by atoms with Crippen LogP contribution in [-0.2, 0) is 6.42 Å². The highest BCUT2D eigenvalue weighted by atomic mass is 15.3. The van der Waals surface area contributed by atoms with E-state index in [2.05, 4.69) is 306 Å². The van der Waals surface area contributed by atoms with E-state index in [1.807, 2.05) is 6.07 Å². The number of fused-ring (bicyclic) bond motifs is 18. The van der Waals surface area contributed by atoms with E-state index in [1.165, 1.54) is 54.5 Å². The Morgan fingerprint density at radius 2 is 0.544 bits per heavy atom. The molecule has 0 saturated heterocycles. The maximum absolute atomic E-state index is 5.75. The molecule has 0 saturated carbocycles. The maximum atomic E-state index is 5.75. The molecule has 0 fully saturated rings. The van der Waals surface area contributed by atoms with E-state index in [0.717, 1.165) is 118 Å². The van der Waals surface area contributed by atoms with Crippen molar-refractivity contribution in [2.75, 3.05) is 0 Å². The molecule has 7 heterocycles. The lowest BCUT2D eigenvalue weighted by molar-refractivity contribution is 0.887. The average Bonchev–Trinajstić information content (AvgIpc) is 1.62. The third-order valence-electron chi connectivity index (χ3n) is 19.1. The van der Waals surface area contributed by atoms with Gasteiger partial charge in [0.1, 0.15) is 0 Å². The summed E-state index contributed by atoms with van der Waals surface area (Å²) in [6.45, 7) is 0. The predicted molar refractivity (Wildman–Crippen MR) is 371 cm³/mol. The standard InChI is InChI=1S/C81H51N9/c1-2-20-50(21-3-1)79-82-80(89-75-42-38-51(85-67-30-12-4-22-55(67)56-23-5-13-31-68(56)85)46-63(75)64-47-52(39-43-76(64)89)86-69-32-14-6-24-57(69)58-25-7-15-33-70(58)86)84-81(83-79)90-77-44-40-53(87-71-34-16-8-26-59(71)60-27-9-17-35-72(60)87)48-65(77)66-49-54(41-45-78(66)90)88-73-36-18-10-28-61(73)62-29-11-19-37-74(62)88/h1-18,20-36,38-49H,19,37H2. The van der Waals surface area contributed by atoms with Crippen molar-refractivity contribution in [1.82, 2.24) is 42.4 Å². The van der Waals surface area contributed by atoms with Crippen LogP contribution < -0.4 is 0 Å². The fourth-order valence-corrected chi connectivity index (χ4v) is 15.3. The molecule has 0 radical (unpaired) electrons. The van der Waals surface area contributed by atoms with Crippen LogP contribution in [-0.4, -0.2) is 42.4 Å². The summed E-state index contributed by atoms with van der Waals surface area (Å²) in [5.74, 6) is 1.60. The van der Waals surface area contributed by atoms with Gasteiger partial charge in [-0.1, -0.05) is 170 Å².